The Balaban J connectivity index is 1.88. The fourth-order valence-corrected chi connectivity index (χ4v) is 4.10. The lowest BCUT2D eigenvalue weighted by Crippen LogP contribution is -2.54. The van der Waals surface area contributed by atoms with Gasteiger partial charge in [0.2, 0.25) is 5.41 Å². The number of aromatic nitrogens is 3. The molecule has 0 aliphatic rings. The first-order valence-corrected chi connectivity index (χ1v) is 10.4. The summed E-state index contributed by atoms with van der Waals surface area (Å²) >= 11 is 0. The minimum absolute atomic E-state index is 0.181. The molecule has 10 heteroatoms. The molecule has 3 aromatic carbocycles. The third-order valence-corrected chi connectivity index (χ3v) is 5.82. The Morgan fingerprint density at radius 3 is 1.60 bits per heavy atom. The van der Waals surface area contributed by atoms with Gasteiger partial charge in [0.15, 0.2) is 5.82 Å². The quantitative estimate of drug-likeness (QED) is 0.284. The van der Waals surface area contributed by atoms with Crippen molar-refractivity contribution in [2.75, 3.05) is 0 Å². The van der Waals surface area contributed by atoms with Crippen LogP contribution in [0, 0.1) is 19.7 Å². The molecule has 182 valence electrons. The molecule has 35 heavy (non-hydrogen) atoms. The molecule has 0 saturated carbocycles. The van der Waals surface area contributed by atoms with Crippen molar-refractivity contribution in [3.05, 3.63) is 101 Å². The molecular weight excluding hydrogens is 475 g/mol. The van der Waals surface area contributed by atoms with Crippen molar-refractivity contribution in [2.45, 2.75) is 31.6 Å². The third kappa shape index (κ3) is 4.06. The fourth-order valence-electron chi connectivity index (χ4n) is 4.10. The van der Waals surface area contributed by atoms with E-state index in [4.69, 9.17) is 0 Å². The molecule has 0 amide bonds. The van der Waals surface area contributed by atoms with E-state index < -0.39 is 34.7 Å². The second kappa shape index (κ2) is 8.51. The van der Waals surface area contributed by atoms with E-state index in [0.717, 1.165) is 36.4 Å². The van der Waals surface area contributed by atoms with Gasteiger partial charge in [-0.2, -0.15) is 26.3 Å². The van der Waals surface area contributed by atoms with E-state index in [1.165, 1.54) is 41.0 Å². The second-order valence-corrected chi connectivity index (χ2v) is 8.07. The lowest BCUT2D eigenvalue weighted by molar-refractivity contribution is -0.288. The van der Waals surface area contributed by atoms with Crippen LogP contribution >= 0.6 is 0 Å². The molecule has 1 aromatic heterocycles. The summed E-state index contributed by atoms with van der Waals surface area (Å²) in [6, 6.07) is 13.3. The summed E-state index contributed by atoms with van der Waals surface area (Å²) in [6.45, 7) is 3.19. The molecule has 0 aliphatic heterocycles. The van der Waals surface area contributed by atoms with Gasteiger partial charge in [-0.25, -0.2) is 4.39 Å². The van der Waals surface area contributed by atoms with Crippen LogP contribution in [0.2, 0.25) is 0 Å². The molecule has 0 N–H and O–H groups in total. The number of benzene rings is 3. The van der Waals surface area contributed by atoms with Gasteiger partial charge in [-0.3, -0.25) is 4.57 Å². The summed E-state index contributed by atoms with van der Waals surface area (Å²) in [5, 5.41) is 7.97. The van der Waals surface area contributed by atoms with Gasteiger partial charge >= 0.3 is 12.4 Å². The predicted octanol–water partition coefficient (Wildman–Crippen LogP) is 7.10. The van der Waals surface area contributed by atoms with Crippen molar-refractivity contribution >= 4 is 0 Å². The Morgan fingerprint density at radius 2 is 1.11 bits per heavy atom. The highest BCUT2D eigenvalue weighted by Crippen LogP contribution is 2.56. The summed E-state index contributed by atoms with van der Waals surface area (Å²) in [6.07, 6.45) is -11.3. The minimum Gasteiger partial charge on any atom is -0.279 e. The number of alkyl halides is 6. The molecule has 0 atom stereocenters. The summed E-state index contributed by atoms with van der Waals surface area (Å²) in [5.74, 6) is 0.105. The Hall–Kier alpha value is -3.69. The SMILES string of the molecule is Cc1ccc(C(c2ccc(-c3nnc(C)n3-c3ccc(F)cc3)cc2)(C(F)(F)F)C(F)(F)F)cc1. The molecule has 3 nitrogen and oxygen atoms in total. The van der Waals surface area contributed by atoms with Crippen LogP contribution in [0.5, 0.6) is 0 Å². The Labute approximate surface area is 195 Å². The zero-order valence-electron chi connectivity index (χ0n) is 18.4. The molecule has 0 spiro atoms. The first kappa shape index (κ1) is 24.4. The van der Waals surface area contributed by atoms with Gasteiger partial charge < -0.3 is 0 Å². The van der Waals surface area contributed by atoms with Crippen molar-refractivity contribution < 1.29 is 30.7 Å². The highest BCUT2D eigenvalue weighted by Gasteiger charge is 2.72. The zero-order chi connectivity index (χ0) is 25.6. The summed E-state index contributed by atoms with van der Waals surface area (Å²) < 4.78 is 101. The maximum atomic E-state index is 14.3. The van der Waals surface area contributed by atoms with E-state index in [-0.39, 0.29) is 11.4 Å². The van der Waals surface area contributed by atoms with E-state index in [1.54, 1.807) is 13.8 Å². The Kier molecular flexibility index (Phi) is 5.94. The van der Waals surface area contributed by atoms with Gasteiger partial charge in [0.05, 0.1) is 0 Å². The van der Waals surface area contributed by atoms with E-state index in [2.05, 4.69) is 10.2 Å². The molecule has 1 heterocycles. The molecule has 4 rings (SSSR count). The average molecular weight is 493 g/mol. The molecule has 0 aliphatic carbocycles. The average Bonchev–Trinajstić information content (AvgIpc) is 3.16. The summed E-state index contributed by atoms with van der Waals surface area (Å²) in [7, 11) is 0. The molecule has 4 aromatic rings. The highest BCUT2D eigenvalue weighted by molar-refractivity contribution is 5.60. The lowest BCUT2D eigenvalue weighted by Gasteiger charge is -2.38. The molecule has 0 radical (unpaired) electrons. The first-order valence-electron chi connectivity index (χ1n) is 10.4. The number of hydrogen-bond donors (Lipinski definition) is 0. The van der Waals surface area contributed by atoms with Crippen LogP contribution in [0.25, 0.3) is 17.1 Å². The van der Waals surface area contributed by atoms with Gasteiger partial charge in [0.25, 0.3) is 0 Å². The van der Waals surface area contributed by atoms with Gasteiger partial charge in [0.1, 0.15) is 11.6 Å². The van der Waals surface area contributed by atoms with Crippen molar-refractivity contribution in [1.29, 1.82) is 0 Å². The van der Waals surface area contributed by atoms with Crippen LogP contribution in [0.3, 0.4) is 0 Å². The van der Waals surface area contributed by atoms with Crippen LogP contribution in [0.15, 0.2) is 72.8 Å². The van der Waals surface area contributed by atoms with E-state index in [0.29, 0.717) is 17.1 Å². The van der Waals surface area contributed by atoms with Crippen LogP contribution < -0.4 is 0 Å². The second-order valence-electron chi connectivity index (χ2n) is 8.07. The topological polar surface area (TPSA) is 30.7 Å². The van der Waals surface area contributed by atoms with Crippen LogP contribution in [-0.2, 0) is 5.41 Å². The monoisotopic (exact) mass is 493 g/mol. The number of nitrogens with zero attached hydrogens (tertiary/aromatic N) is 3. The maximum Gasteiger partial charge on any atom is 0.411 e. The van der Waals surface area contributed by atoms with Gasteiger partial charge in [-0.1, -0.05) is 54.1 Å². The lowest BCUT2D eigenvalue weighted by atomic mass is 9.72. The number of aryl methyl sites for hydroxylation is 2. The standard InChI is InChI=1S/C25H18F7N3/c1-15-3-7-18(8-4-15)23(24(27,28)29,25(30,31)32)19-9-5-17(6-10-19)22-34-33-16(2)35(22)21-13-11-20(26)12-14-21/h3-14H,1-2H3. The zero-order valence-corrected chi connectivity index (χ0v) is 18.4. The predicted molar refractivity (Wildman–Crippen MR) is 116 cm³/mol. The fraction of sp³-hybridized carbons (Fsp3) is 0.200. The van der Waals surface area contributed by atoms with E-state index in [9.17, 15) is 30.7 Å². The summed E-state index contributed by atoms with van der Waals surface area (Å²) in [4.78, 5) is 0. The number of rotatable bonds is 4. The number of hydrogen-bond acceptors (Lipinski definition) is 2. The number of halogens is 7. The molecule has 0 bridgehead atoms. The highest BCUT2D eigenvalue weighted by atomic mass is 19.4. The first-order chi connectivity index (χ1) is 16.4. The van der Waals surface area contributed by atoms with Crippen molar-refractivity contribution in [2.24, 2.45) is 0 Å². The van der Waals surface area contributed by atoms with E-state index in [1.807, 2.05) is 0 Å². The molecule has 0 saturated heterocycles. The minimum atomic E-state index is -5.67. The van der Waals surface area contributed by atoms with Crippen molar-refractivity contribution in [3.8, 4) is 17.1 Å². The maximum absolute atomic E-state index is 14.3. The van der Waals surface area contributed by atoms with E-state index >= 15 is 0 Å². The summed E-state index contributed by atoms with van der Waals surface area (Å²) in [5.41, 5.74) is -4.89. The van der Waals surface area contributed by atoms with Gasteiger partial charge in [-0.15, -0.1) is 10.2 Å². The smallest absolute Gasteiger partial charge is 0.279 e. The Morgan fingerprint density at radius 1 is 0.629 bits per heavy atom. The molecular formula is C25H18F7N3. The van der Waals surface area contributed by atoms with Crippen molar-refractivity contribution in [1.82, 2.24) is 14.8 Å². The van der Waals surface area contributed by atoms with Crippen molar-refractivity contribution in [3.63, 3.8) is 0 Å². The van der Waals surface area contributed by atoms with Crippen LogP contribution in [0.4, 0.5) is 30.7 Å². The third-order valence-electron chi connectivity index (χ3n) is 5.82. The van der Waals surface area contributed by atoms with Crippen LogP contribution in [0.1, 0.15) is 22.5 Å². The molecule has 0 unspecified atom stereocenters. The largest absolute Gasteiger partial charge is 0.411 e. The Bertz CT molecular complexity index is 1300. The van der Waals surface area contributed by atoms with Gasteiger partial charge in [0, 0.05) is 11.3 Å². The van der Waals surface area contributed by atoms with Gasteiger partial charge in [-0.05, 0) is 49.2 Å². The normalized spacial score (nSPS) is 12.7. The molecule has 0 fully saturated rings. The van der Waals surface area contributed by atoms with Crippen LogP contribution in [-0.4, -0.2) is 27.1 Å².